The maximum atomic E-state index is 13.5. The van der Waals surface area contributed by atoms with Crippen LogP contribution in [0, 0.1) is 5.92 Å². The van der Waals surface area contributed by atoms with E-state index in [1.54, 1.807) is 0 Å². The Morgan fingerprint density at radius 3 is 2.77 bits per heavy atom. The number of amides is 2. The second kappa shape index (κ2) is 9.16. The monoisotopic (exact) mass is 439 g/mol. The van der Waals surface area contributed by atoms with Gasteiger partial charge in [-0.05, 0) is 24.3 Å². The summed E-state index contributed by atoms with van der Waals surface area (Å²) in [5.74, 6) is 0.242. The lowest BCUT2D eigenvalue weighted by atomic mass is 9.95. The standard InChI is InChI=1S/C23H29N5O2S/c29-20(25-16-9-2-1-3-10-16)14-31-23-26-21-18(13-24-27-21)22(30)28(23)19-12-6-8-15-7-4-5-11-17(15)19/h4-8,11-12,16,18,21,23-24,26-27H,1-3,9-10,13-14H2,(H,25,29). The van der Waals surface area contributed by atoms with Crippen molar-refractivity contribution >= 4 is 40.0 Å². The zero-order valence-electron chi connectivity index (χ0n) is 17.5. The number of carbonyl (C=O) groups is 2. The van der Waals surface area contributed by atoms with Crippen LogP contribution in [0.5, 0.6) is 0 Å². The average Bonchev–Trinajstić information content (AvgIpc) is 3.27. The molecule has 2 amide bonds. The van der Waals surface area contributed by atoms with E-state index in [4.69, 9.17) is 0 Å². The fraction of sp³-hybridized carbons (Fsp3) is 0.478. The van der Waals surface area contributed by atoms with Gasteiger partial charge in [0.2, 0.25) is 11.8 Å². The van der Waals surface area contributed by atoms with E-state index >= 15 is 0 Å². The highest BCUT2D eigenvalue weighted by molar-refractivity contribution is 8.00. The van der Waals surface area contributed by atoms with Crippen LogP contribution >= 0.6 is 11.8 Å². The van der Waals surface area contributed by atoms with Gasteiger partial charge in [-0.2, -0.15) is 0 Å². The highest BCUT2D eigenvalue weighted by Crippen LogP contribution is 2.34. The van der Waals surface area contributed by atoms with Crippen LogP contribution < -0.4 is 26.4 Å². The SMILES string of the molecule is O=C(CSC1NC2NNCC2C(=O)N1c1cccc2ccccc12)NC1CCCCC1. The van der Waals surface area contributed by atoms with Crippen molar-refractivity contribution in [3.63, 3.8) is 0 Å². The quantitative estimate of drug-likeness (QED) is 0.572. The number of nitrogens with zero attached hydrogens (tertiary/aromatic N) is 1. The van der Waals surface area contributed by atoms with E-state index in [1.165, 1.54) is 31.0 Å². The Kier molecular flexibility index (Phi) is 6.13. The predicted octanol–water partition coefficient (Wildman–Crippen LogP) is 2.29. The van der Waals surface area contributed by atoms with Crippen molar-refractivity contribution in [1.82, 2.24) is 21.5 Å². The Bertz CT molecular complexity index is 959. The van der Waals surface area contributed by atoms with E-state index in [9.17, 15) is 9.59 Å². The predicted molar refractivity (Wildman–Crippen MR) is 124 cm³/mol. The molecule has 3 fully saturated rings. The summed E-state index contributed by atoms with van der Waals surface area (Å²) in [6.45, 7) is 0.581. The van der Waals surface area contributed by atoms with Crippen molar-refractivity contribution in [2.75, 3.05) is 17.2 Å². The number of anilines is 1. The zero-order valence-corrected chi connectivity index (χ0v) is 18.3. The number of hydrogen-bond donors (Lipinski definition) is 4. The number of rotatable bonds is 5. The van der Waals surface area contributed by atoms with Crippen LogP contribution in [0.4, 0.5) is 5.69 Å². The molecule has 164 valence electrons. The lowest BCUT2D eigenvalue weighted by Crippen LogP contribution is -2.64. The summed E-state index contributed by atoms with van der Waals surface area (Å²) >= 11 is 1.47. The van der Waals surface area contributed by atoms with E-state index < -0.39 is 0 Å². The van der Waals surface area contributed by atoms with Crippen molar-refractivity contribution in [2.45, 2.75) is 49.8 Å². The molecular formula is C23H29N5O2S. The summed E-state index contributed by atoms with van der Waals surface area (Å²) in [7, 11) is 0. The molecule has 0 radical (unpaired) electrons. The number of nitrogens with one attached hydrogen (secondary N) is 4. The Balaban J connectivity index is 1.37. The molecule has 3 aliphatic rings. The maximum Gasteiger partial charge on any atom is 0.236 e. The summed E-state index contributed by atoms with van der Waals surface area (Å²) in [4.78, 5) is 28.0. The fourth-order valence-corrected chi connectivity index (χ4v) is 5.87. The molecule has 0 bridgehead atoms. The molecule has 31 heavy (non-hydrogen) atoms. The molecule has 0 aromatic heterocycles. The number of benzene rings is 2. The van der Waals surface area contributed by atoms with Gasteiger partial charge in [-0.1, -0.05) is 55.7 Å². The highest BCUT2D eigenvalue weighted by Gasteiger charge is 2.45. The molecule has 2 aliphatic heterocycles. The van der Waals surface area contributed by atoms with Gasteiger partial charge in [-0.15, -0.1) is 11.8 Å². The number of thioether (sulfide) groups is 1. The van der Waals surface area contributed by atoms with E-state index in [-0.39, 0.29) is 29.4 Å². The van der Waals surface area contributed by atoms with Crippen molar-refractivity contribution < 1.29 is 9.59 Å². The third-order valence-corrected chi connectivity index (χ3v) is 7.55. The van der Waals surface area contributed by atoms with E-state index in [0.29, 0.717) is 18.3 Å². The third kappa shape index (κ3) is 4.30. The van der Waals surface area contributed by atoms with Crippen LogP contribution in [0.25, 0.3) is 10.8 Å². The van der Waals surface area contributed by atoms with E-state index in [2.05, 4.69) is 33.6 Å². The molecule has 2 saturated heterocycles. The lowest BCUT2D eigenvalue weighted by Gasteiger charge is -2.41. The molecular weight excluding hydrogens is 410 g/mol. The molecule has 4 N–H and O–H groups in total. The van der Waals surface area contributed by atoms with Gasteiger partial charge in [0.1, 0.15) is 5.50 Å². The zero-order chi connectivity index (χ0) is 21.2. The Labute approximate surface area is 186 Å². The van der Waals surface area contributed by atoms with Crippen molar-refractivity contribution in [3.8, 4) is 0 Å². The van der Waals surface area contributed by atoms with Crippen LogP contribution in [0.3, 0.4) is 0 Å². The average molecular weight is 440 g/mol. The van der Waals surface area contributed by atoms with Crippen LogP contribution in [0.15, 0.2) is 42.5 Å². The third-order valence-electron chi connectivity index (χ3n) is 6.46. The second-order valence-electron chi connectivity index (χ2n) is 8.55. The van der Waals surface area contributed by atoms with Crippen LogP contribution in [-0.2, 0) is 9.59 Å². The summed E-state index contributed by atoms with van der Waals surface area (Å²) in [6.07, 6.45) is 5.63. The van der Waals surface area contributed by atoms with Gasteiger partial charge in [0.05, 0.1) is 23.5 Å². The molecule has 0 spiro atoms. The fourth-order valence-electron chi connectivity index (χ4n) is 4.86. The highest BCUT2D eigenvalue weighted by atomic mass is 32.2. The normalized spacial score (nSPS) is 26.8. The molecule has 2 aromatic carbocycles. The minimum absolute atomic E-state index is 0.0450. The van der Waals surface area contributed by atoms with Crippen LogP contribution in [0.2, 0.25) is 0 Å². The molecule has 3 unspecified atom stereocenters. The number of carbonyl (C=O) groups excluding carboxylic acids is 2. The van der Waals surface area contributed by atoms with Crippen LogP contribution in [-0.4, -0.2) is 41.8 Å². The molecule has 8 heteroatoms. The summed E-state index contributed by atoms with van der Waals surface area (Å²) in [5.41, 5.74) is 6.80. The number of hydrogen-bond acceptors (Lipinski definition) is 6. The topological polar surface area (TPSA) is 85.5 Å². The van der Waals surface area contributed by atoms with Gasteiger partial charge in [-0.3, -0.25) is 25.2 Å². The van der Waals surface area contributed by atoms with E-state index in [0.717, 1.165) is 29.3 Å². The number of fused-ring (bicyclic) bond motifs is 2. The van der Waals surface area contributed by atoms with Crippen LogP contribution in [0.1, 0.15) is 32.1 Å². The lowest BCUT2D eigenvalue weighted by molar-refractivity contribution is -0.124. The van der Waals surface area contributed by atoms with E-state index in [1.807, 2.05) is 35.2 Å². The summed E-state index contributed by atoms with van der Waals surface area (Å²) in [5, 5.41) is 8.84. The van der Waals surface area contributed by atoms with Crippen molar-refractivity contribution in [1.29, 1.82) is 0 Å². The second-order valence-corrected chi connectivity index (χ2v) is 9.62. The van der Waals surface area contributed by atoms with Gasteiger partial charge >= 0.3 is 0 Å². The first-order valence-corrected chi connectivity index (χ1v) is 12.2. The Morgan fingerprint density at radius 2 is 1.90 bits per heavy atom. The molecule has 1 aliphatic carbocycles. The first-order chi connectivity index (χ1) is 15.2. The molecule has 3 atom stereocenters. The molecule has 7 nitrogen and oxygen atoms in total. The van der Waals surface area contributed by atoms with Gasteiger partial charge in [0, 0.05) is 18.0 Å². The van der Waals surface area contributed by atoms with Crippen molar-refractivity contribution in [2.24, 2.45) is 5.92 Å². The largest absolute Gasteiger partial charge is 0.353 e. The minimum Gasteiger partial charge on any atom is -0.353 e. The first-order valence-electron chi connectivity index (χ1n) is 11.2. The van der Waals surface area contributed by atoms with Crippen molar-refractivity contribution in [3.05, 3.63) is 42.5 Å². The van der Waals surface area contributed by atoms with Gasteiger partial charge in [0.25, 0.3) is 0 Å². The number of hydrazine groups is 1. The maximum absolute atomic E-state index is 13.5. The Hall–Kier alpha value is -2.13. The van der Waals surface area contributed by atoms with Gasteiger partial charge in [-0.25, -0.2) is 5.43 Å². The molecule has 5 rings (SSSR count). The first kappa shape index (κ1) is 20.8. The molecule has 2 heterocycles. The molecule has 1 saturated carbocycles. The Morgan fingerprint density at radius 1 is 1.10 bits per heavy atom. The smallest absolute Gasteiger partial charge is 0.236 e. The molecule has 2 aromatic rings. The summed E-state index contributed by atoms with van der Waals surface area (Å²) in [6, 6.07) is 14.4. The summed E-state index contributed by atoms with van der Waals surface area (Å²) < 4.78 is 0. The van der Waals surface area contributed by atoms with Gasteiger partial charge in [0.15, 0.2) is 0 Å². The minimum atomic E-state index is -0.330. The van der Waals surface area contributed by atoms with Gasteiger partial charge < -0.3 is 5.32 Å².